The standard InChI is InChI=1S/C17H25N3O4S/c1-13-5-4-6-14(9-13)25(22,23)20-10-15-16(11-20)24-8-7-19(15)12-17(21)18(2)3/h4-6,9,15-16H,7-8,10-12H2,1-3H3/t15-,16+/m0/s1. The lowest BCUT2D eigenvalue weighted by Gasteiger charge is -2.36. The molecule has 25 heavy (non-hydrogen) atoms. The summed E-state index contributed by atoms with van der Waals surface area (Å²) in [4.78, 5) is 16.0. The molecule has 2 saturated heterocycles. The van der Waals surface area contributed by atoms with Gasteiger partial charge in [0.25, 0.3) is 0 Å². The largest absolute Gasteiger partial charge is 0.374 e. The van der Waals surface area contributed by atoms with E-state index in [0.717, 1.165) is 5.56 Å². The Labute approximate surface area is 149 Å². The van der Waals surface area contributed by atoms with Crippen molar-refractivity contribution in [3.05, 3.63) is 29.8 Å². The van der Waals surface area contributed by atoms with Gasteiger partial charge in [0.1, 0.15) is 0 Å². The fourth-order valence-electron chi connectivity index (χ4n) is 3.36. The van der Waals surface area contributed by atoms with Crippen molar-refractivity contribution in [2.45, 2.75) is 24.0 Å². The van der Waals surface area contributed by atoms with E-state index in [0.29, 0.717) is 31.1 Å². The molecule has 0 radical (unpaired) electrons. The summed E-state index contributed by atoms with van der Waals surface area (Å²) in [7, 11) is -0.105. The molecule has 8 heteroatoms. The highest BCUT2D eigenvalue weighted by molar-refractivity contribution is 7.89. The highest BCUT2D eigenvalue weighted by Crippen LogP contribution is 2.28. The number of nitrogens with zero attached hydrogens (tertiary/aromatic N) is 3. The predicted octanol–water partition coefficient (Wildman–Crippen LogP) is 0.157. The number of hydrogen-bond donors (Lipinski definition) is 0. The number of morpholine rings is 1. The molecule has 138 valence electrons. The minimum absolute atomic E-state index is 0.0145. The number of hydrogen-bond acceptors (Lipinski definition) is 5. The first-order valence-electron chi connectivity index (χ1n) is 8.41. The van der Waals surface area contributed by atoms with Gasteiger partial charge >= 0.3 is 0 Å². The summed E-state index contributed by atoms with van der Waals surface area (Å²) in [6.07, 6.45) is -0.191. The SMILES string of the molecule is Cc1cccc(S(=O)(=O)N2C[C@H]3OCCN(CC(=O)N(C)C)[C@H]3C2)c1. The van der Waals surface area contributed by atoms with Gasteiger partial charge in [0.05, 0.1) is 30.2 Å². The monoisotopic (exact) mass is 367 g/mol. The van der Waals surface area contributed by atoms with Crippen molar-refractivity contribution >= 4 is 15.9 Å². The minimum atomic E-state index is -3.56. The molecule has 0 aromatic heterocycles. The molecule has 0 saturated carbocycles. The number of ether oxygens (including phenoxy) is 1. The maximum atomic E-state index is 12.9. The van der Waals surface area contributed by atoms with Crippen LogP contribution in [0.5, 0.6) is 0 Å². The van der Waals surface area contributed by atoms with E-state index in [1.54, 1.807) is 37.2 Å². The van der Waals surface area contributed by atoms with Crippen LogP contribution in [0.15, 0.2) is 29.2 Å². The van der Waals surface area contributed by atoms with Crippen LogP contribution in [0, 0.1) is 6.92 Å². The molecule has 2 aliphatic heterocycles. The van der Waals surface area contributed by atoms with Crippen molar-refractivity contribution in [1.29, 1.82) is 0 Å². The molecule has 0 aliphatic carbocycles. The maximum absolute atomic E-state index is 12.9. The molecule has 1 amide bonds. The molecule has 1 aromatic rings. The van der Waals surface area contributed by atoms with Gasteiger partial charge in [0, 0.05) is 33.7 Å². The van der Waals surface area contributed by atoms with Gasteiger partial charge < -0.3 is 9.64 Å². The van der Waals surface area contributed by atoms with E-state index in [-0.39, 0.29) is 24.6 Å². The van der Waals surface area contributed by atoms with Crippen molar-refractivity contribution in [2.24, 2.45) is 0 Å². The van der Waals surface area contributed by atoms with Gasteiger partial charge in [-0.05, 0) is 24.6 Å². The number of aryl methyl sites for hydroxylation is 1. The highest BCUT2D eigenvalue weighted by atomic mass is 32.2. The molecule has 2 atom stereocenters. The lowest BCUT2D eigenvalue weighted by atomic mass is 10.1. The zero-order chi connectivity index (χ0) is 18.2. The summed E-state index contributed by atoms with van der Waals surface area (Å²) in [5.41, 5.74) is 0.909. The summed E-state index contributed by atoms with van der Waals surface area (Å²) >= 11 is 0. The Morgan fingerprint density at radius 3 is 2.76 bits per heavy atom. The number of carbonyl (C=O) groups is 1. The van der Waals surface area contributed by atoms with E-state index >= 15 is 0 Å². The van der Waals surface area contributed by atoms with Gasteiger partial charge in [-0.25, -0.2) is 8.42 Å². The molecule has 0 spiro atoms. The number of sulfonamides is 1. The number of amides is 1. The van der Waals surface area contributed by atoms with E-state index in [1.165, 1.54) is 4.31 Å². The summed E-state index contributed by atoms with van der Waals surface area (Å²) in [6.45, 7) is 3.99. The molecule has 0 bridgehead atoms. The van der Waals surface area contributed by atoms with Crippen LogP contribution in [0.1, 0.15) is 5.56 Å². The van der Waals surface area contributed by atoms with Crippen LogP contribution in [0.25, 0.3) is 0 Å². The maximum Gasteiger partial charge on any atom is 0.243 e. The number of fused-ring (bicyclic) bond motifs is 1. The third kappa shape index (κ3) is 3.72. The molecule has 1 aromatic carbocycles. The smallest absolute Gasteiger partial charge is 0.243 e. The molecule has 7 nitrogen and oxygen atoms in total. The Morgan fingerprint density at radius 2 is 2.08 bits per heavy atom. The van der Waals surface area contributed by atoms with Crippen LogP contribution in [-0.4, -0.2) is 87.5 Å². The summed E-state index contributed by atoms with van der Waals surface area (Å²) in [5.74, 6) is 0.0145. The molecular weight excluding hydrogens is 342 g/mol. The number of carbonyl (C=O) groups excluding carboxylic acids is 1. The average molecular weight is 367 g/mol. The van der Waals surface area contributed by atoms with Crippen molar-refractivity contribution in [1.82, 2.24) is 14.1 Å². The first kappa shape index (κ1) is 18.3. The Hall–Kier alpha value is -1.48. The molecule has 2 fully saturated rings. The topological polar surface area (TPSA) is 70.2 Å². The Bertz CT molecular complexity index is 750. The zero-order valence-electron chi connectivity index (χ0n) is 14.9. The Kier molecular flexibility index (Phi) is 5.15. The Morgan fingerprint density at radius 1 is 1.32 bits per heavy atom. The van der Waals surface area contributed by atoms with E-state index in [2.05, 4.69) is 0 Å². The summed E-state index contributed by atoms with van der Waals surface area (Å²) in [6, 6.07) is 6.85. The third-order valence-electron chi connectivity index (χ3n) is 4.85. The molecule has 3 rings (SSSR count). The molecule has 2 aliphatic rings. The quantitative estimate of drug-likeness (QED) is 0.758. The van der Waals surface area contributed by atoms with Crippen LogP contribution in [0.4, 0.5) is 0 Å². The van der Waals surface area contributed by atoms with E-state index in [4.69, 9.17) is 4.74 Å². The number of rotatable bonds is 4. The second kappa shape index (κ2) is 7.03. The van der Waals surface area contributed by atoms with E-state index in [1.807, 2.05) is 17.9 Å². The highest BCUT2D eigenvalue weighted by Gasteiger charge is 2.45. The molecule has 0 unspecified atom stereocenters. The number of benzene rings is 1. The third-order valence-corrected chi connectivity index (χ3v) is 6.67. The van der Waals surface area contributed by atoms with Crippen LogP contribution in [0.3, 0.4) is 0 Å². The van der Waals surface area contributed by atoms with E-state index in [9.17, 15) is 13.2 Å². The second-order valence-electron chi connectivity index (χ2n) is 6.87. The lowest BCUT2D eigenvalue weighted by molar-refractivity contribution is -0.133. The van der Waals surface area contributed by atoms with E-state index < -0.39 is 10.0 Å². The summed E-state index contributed by atoms with van der Waals surface area (Å²) < 4.78 is 33.2. The van der Waals surface area contributed by atoms with Gasteiger partial charge in [-0.1, -0.05) is 12.1 Å². The normalized spacial score (nSPS) is 24.9. The molecule has 0 N–H and O–H groups in total. The Balaban J connectivity index is 1.78. The van der Waals surface area contributed by atoms with Gasteiger partial charge in [0.2, 0.25) is 15.9 Å². The van der Waals surface area contributed by atoms with Crippen LogP contribution < -0.4 is 0 Å². The van der Waals surface area contributed by atoms with Crippen molar-refractivity contribution in [3.8, 4) is 0 Å². The number of likely N-dealkylation sites (N-methyl/N-ethyl adjacent to an activating group) is 1. The first-order chi connectivity index (χ1) is 11.8. The van der Waals surface area contributed by atoms with Crippen molar-refractivity contribution in [2.75, 3.05) is 46.9 Å². The van der Waals surface area contributed by atoms with Crippen molar-refractivity contribution in [3.63, 3.8) is 0 Å². The lowest BCUT2D eigenvalue weighted by Crippen LogP contribution is -2.53. The van der Waals surface area contributed by atoms with Gasteiger partial charge in [-0.2, -0.15) is 4.31 Å². The second-order valence-corrected chi connectivity index (χ2v) is 8.81. The fraction of sp³-hybridized carbons (Fsp3) is 0.588. The fourth-order valence-corrected chi connectivity index (χ4v) is 4.93. The minimum Gasteiger partial charge on any atom is -0.374 e. The van der Waals surface area contributed by atoms with Crippen LogP contribution in [-0.2, 0) is 19.6 Å². The van der Waals surface area contributed by atoms with Gasteiger partial charge in [-0.3, -0.25) is 9.69 Å². The molecular formula is C17H25N3O4S. The van der Waals surface area contributed by atoms with Crippen LogP contribution in [0.2, 0.25) is 0 Å². The van der Waals surface area contributed by atoms with Crippen LogP contribution >= 0.6 is 0 Å². The average Bonchev–Trinajstić information content (AvgIpc) is 3.00. The predicted molar refractivity (Wildman–Crippen MR) is 93.7 cm³/mol. The first-order valence-corrected chi connectivity index (χ1v) is 9.85. The van der Waals surface area contributed by atoms with Crippen molar-refractivity contribution < 1.29 is 17.9 Å². The zero-order valence-corrected chi connectivity index (χ0v) is 15.7. The van der Waals surface area contributed by atoms with Gasteiger partial charge in [0.15, 0.2) is 0 Å². The summed E-state index contributed by atoms with van der Waals surface area (Å²) in [5, 5.41) is 0. The van der Waals surface area contributed by atoms with Gasteiger partial charge in [-0.15, -0.1) is 0 Å². The molecule has 2 heterocycles.